The molecule has 0 spiro atoms. The van der Waals surface area contributed by atoms with E-state index in [2.05, 4.69) is 32.9 Å². The molecular weight excluding hydrogens is 408 g/mol. The number of aliphatic hydroxyl groups excluding tert-OH is 1. The van der Waals surface area contributed by atoms with Crippen molar-refractivity contribution in [3.05, 3.63) is 12.2 Å². The lowest BCUT2D eigenvalue weighted by Gasteiger charge is -2.12. The Kier molecular flexibility index (Phi) is 32.4. The standard InChI is InChI=1S/C18H34O2.C12H26O/c1-2-3-4-5-6-7-8-9-10-11-12-13-14-15-16-17-18(19)20;1-3-5-7-8-10-12(11-13)9-6-4-2/h9-10H,2-8,11-17H2,1H3,(H,19,20);12-13H,3-11H2,1-2H3. The normalized spacial score (nSPS) is 12.0. The molecule has 0 aliphatic rings. The number of carboxylic acids is 1. The molecule has 33 heavy (non-hydrogen) atoms. The smallest absolute Gasteiger partial charge is 0.303 e. The summed E-state index contributed by atoms with van der Waals surface area (Å²) in [6.07, 6.45) is 31.5. The van der Waals surface area contributed by atoms with Crippen molar-refractivity contribution in [2.24, 2.45) is 5.92 Å². The van der Waals surface area contributed by atoms with Crippen LogP contribution < -0.4 is 0 Å². The molecule has 198 valence electrons. The number of unbranched alkanes of at least 4 members (excludes halogenated alkanes) is 15. The number of carbonyl (C=O) groups is 1. The van der Waals surface area contributed by atoms with Gasteiger partial charge in [-0.25, -0.2) is 0 Å². The Hall–Kier alpha value is -0.830. The van der Waals surface area contributed by atoms with Crippen molar-refractivity contribution < 1.29 is 15.0 Å². The van der Waals surface area contributed by atoms with Crippen LogP contribution in [-0.2, 0) is 4.79 Å². The molecule has 0 saturated heterocycles. The summed E-state index contributed by atoms with van der Waals surface area (Å²) in [6, 6.07) is 0. The molecule has 0 aromatic heterocycles. The third kappa shape index (κ3) is 33.4. The van der Waals surface area contributed by atoms with Crippen LogP contribution in [0.15, 0.2) is 12.2 Å². The molecule has 0 radical (unpaired) electrons. The molecule has 0 saturated carbocycles. The number of rotatable bonds is 24. The molecule has 3 nitrogen and oxygen atoms in total. The van der Waals surface area contributed by atoms with Gasteiger partial charge >= 0.3 is 5.97 Å². The minimum atomic E-state index is -0.664. The highest BCUT2D eigenvalue weighted by Crippen LogP contribution is 2.16. The summed E-state index contributed by atoms with van der Waals surface area (Å²) in [4.78, 5) is 10.3. The van der Waals surface area contributed by atoms with Crippen LogP contribution in [0.2, 0.25) is 0 Å². The Balaban J connectivity index is 0. The zero-order valence-corrected chi connectivity index (χ0v) is 22.8. The summed E-state index contributed by atoms with van der Waals surface area (Å²) in [6.45, 7) is 7.10. The molecule has 0 heterocycles. The van der Waals surface area contributed by atoms with E-state index in [0.29, 0.717) is 18.9 Å². The van der Waals surface area contributed by atoms with Crippen molar-refractivity contribution in [2.45, 2.75) is 162 Å². The van der Waals surface area contributed by atoms with E-state index in [4.69, 9.17) is 10.2 Å². The van der Waals surface area contributed by atoms with Crippen LogP contribution in [0.1, 0.15) is 162 Å². The fourth-order valence-corrected chi connectivity index (χ4v) is 4.03. The average Bonchev–Trinajstić information content (AvgIpc) is 2.81. The summed E-state index contributed by atoms with van der Waals surface area (Å²) in [7, 11) is 0. The first-order valence-electron chi connectivity index (χ1n) is 14.6. The average molecular weight is 469 g/mol. The predicted octanol–water partition coefficient (Wildman–Crippen LogP) is 9.86. The molecule has 0 bridgehead atoms. The molecule has 0 aromatic carbocycles. The van der Waals surface area contributed by atoms with E-state index >= 15 is 0 Å². The minimum absolute atomic E-state index is 0.332. The van der Waals surface area contributed by atoms with Gasteiger partial charge in [0.05, 0.1) is 0 Å². The van der Waals surface area contributed by atoms with Gasteiger partial charge in [0.1, 0.15) is 0 Å². The lowest BCUT2D eigenvalue weighted by atomic mass is 9.96. The first kappa shape index (κ1) is 34.3. The molecule has 0 rings (SSSR count). The Morgan fingerprint density at radius 2 is 1.03 bits per heavy atom. The fourth-order valence-electron chi connectivity index (χ4n) is 4.03. The predicted molar refractivity (Wildman–Crippen MR) is 146 cm³/mol. The summed E-state index contributed by atoms with van der Waals surface area (Å²) >= 11 is 0. The zero-order valence-electron chi connectivity index (χ0n) is 22.8. The van der Waals surface area contributed by atoms with E-state index in [1.165, 1.54) is 122 Å². The largest absolute Gasteiger partial charge is 0.481 e. The Morgan fingerprint density at radius 3 is 1.52 bits per heavy atom. The van der Waals surface area contributed by atoms with Crippen LogP contribution in [0, 0.1) is 5.92 Å². The number of carboxylic acid groups (broad SMARTS) is 1. The van der Waals surface area contributed by atoms with Gasteiger partial charge in [0, 0.05) is 13.0 Å². The van der Waals surface area contributed by atoms with Crippen molar-refractivity contribution in [2.75, 3.05) is 6.61 Å². The quantitative estimate of drug-likeness (QED) is 0.109. The molecule has 0 amide bonds. The number of hydrogen-bond acceptors (Lipinski definition) is 2. The SMILES string of the molecule is CCCCCCC(CO)CCCC.CCCCCCCCC=CCCCCCCCC(=O)O. The molecule has 0 aromatic rings. The lowest BCUT2D eigenvalue weighted by molar-refractivity contribution is -0.137. The summed E-state index contributed by atoms with van der Waals surface area (Å²) in [5, 5.41) is 17.6. The highest BCUT2D eigenvalue weighted by atomic mass is 16.4. The van der Waals surface area contributed by atoms with Gasteiger partial charge < -0.3 is 10.2 Å². The number of hydrogen-bond donors (Lipinski definition) is 2. The number of aliphatic hydroxyl groups is 1. The second kappa shape index (κ2) is 31.2. The van der Waals surface area contributed by atoms with Crippen molar-refractivity contribution >= 4 is 5.97 Å². The molecule has 1 atom stereocenters. The van der Waals surface area contributed by atoms with Crippen LogP contribution in [0.5, 0.6) is 0 Å². The van der Waals surface area contributed by atoms with Gasteiger partial charge in [-0.15, -0.1) is 0 Å². The number of aliphatic carboxylic acids is 1. The van der Waals surface area contributed by atoms with Gasteiger partial charge in [-0.3, -0.25) is 4.79 Å². The topological polar surface area (TPSA) is 57.5 Å². The lowest BCUT2D eigenvalue weighted by Crippen LogP contribution is -2.05. The molecule has 0 aliphatic carbocycles. The van der Waals surface area contributed by atoms with Gasteiger partial charge in [-0.1, -0.05) is 123 Å². The van der Waals surface area contributed by atoms with E-state index in [9.17, 15) is 4.79 Å². The first-order valence-corrected chi connectivity index (χ1v) is 14.6. The third-order valence-electron chi connectivity index (χ3n) is 6.34. The van der Waals surface area contributed by atoms with Gasteiger partial charge in [0.2, 0.25) is 0 Å². The molecular formula is C30H60O3. The summed E-state index contributed by atoms with van der Waals surface area (Å²) < 4.78 is 0. The molecule has 3 heteroatoms. The van der Waals surface area contributed by atoms with Crippen LogP contribution in [-0.4, -0.2) is 22.8 Å². The molecule has 0 aliphatic heterocycles. The van der Waals surface area contributed by atoms with Crippen molar-refractivity contribution in [3.8, 4) is 0 Å². The summed E-state index contributed by atoms with van der Waals surface area (Å²) in [5.74, 6) is -0.0839. The van der Waals surface area contributed by atoms with Crippen LogP contribution in [0.4, 0.5) is 0 Å². The molecule has 2 N–H and O–H groups in total. The van der Waals surface area contributed by atoms with Gasteiger partial charge in [0.25, 0.3) is 0 Å². The molecule has 0 fully saturated rings. The second-order valence-corrected chi connectivity index (χ2v) is 9.77. The van der Waals surface area contributed by atoms with E-state index in [0.717, 1.165) is 12.8 Å². The van der Waals surface area contributed by atoms with Crippen LogP contribution >= 0.6 is 0 Å². The van der Waals surface area contributed by atoms with E-state index < -0.39 is 5.97 Å². The van der Waals surface area contributed by atoms with Crippen molar-refractivity contribution in [1.82, 2.24) is 0 Å². The van der Waals surface area contributed by atoms with Gasteiger partial charge in [0.15, 0.2) is 0 Å². The zero-order chi connectivity index (χ0) is 24.8. The number of allylic oxidation sites excluding steroid dienone is 2. The second-order valence-electron chi connectivity index (χ2n) is 9.77. The van der Waals surface area contributed by atoms with E-state index in [-0.39, 0.29) is 0 Å². The Morgan fingerprint density at radius 1 is 0.606 bits per heavy atom. The highest BCUT2D eigenvalue weighted by Gasteiger charge is 2.05. The summed E-state index contributed by atoms with van der Waals surface area (Å²) in [5.41, 5.74) is 0. The fraction of sp³-hybridized carbons (Fsp3) is 0.900. The highest BCUT2D eigenvalue weighted by molar-refractivity contribution is 5.66. The Bertz CT molecular complexity index is 392. The maximum Gasteiger partial charge on any atom is 0.303 e. The monoisotopic (exact) mass is 468 g/mol. The molecule has 1 unspecified atom stereocenters. The van der Waals surface area contributed by atoms with Crippen molar-refractivity contribution in [3.63, 3.8) is 0 Å². The maximum atomic E-state index is 10.3. The van der Waals surface area contributed by atoms with E-state index in [1.807, 2.05) is 0 Å². The van der Waals surface area contributed by atoms with Crippen LogP contribution in [0.25, 0.3) is 0 Å². The maximum absolute atomic E-state index is 10.3. The van der Waals surface area contributed by atoms with Crippen LogP contribution in [0.3, 0.4) is 0 Å². The van der Waals surface area contributed by atoms with Gasteiger partial charge in [-0.05, 0) is 50.9 Å². The third-order valence-corrected chi connectivity index (χ3v) is 6.34. The minimum Gasteiger partial charge on any atom is -0.481 e. The van der Waals surface area contributed by atoms with Gasteiger partial charge in [-0.2, -0.15) is 0 Å². The first-order chi connectivity index (χ1) is 16.1. The Labute approximate surface area is 207 Å². The van der Waals surface area contributed by atoms with E-state index in [1.54, 1.807) is 0 Å². The van der Waals surface area contributed by atoms with Crippen molar-refractivity contribution in [1.29, 1.82) is 0 Å².